The number of alkyl halides is 3. The van der Waals surface area contributed by atoms with Crippen LogP contribution in [0.15, 0.2) is 97.1 Å². The summed E-state index contributed by atoms with van der Waals surface area (Å²) in [4.78, 5) is 42.6. The molecule has 1 aliphatic heterocycles. The molecule has 10 heteroatoms. The highest BCUT2D eigenvalue weighted by Crippen LogP contribution is 2.37. The van der Waals surface area contributed by atoms with Gasteiger partial charge in [0.25, 0.3) is 0 Å². The van der Waals surface area contributed by atoms with Crippen LogP contribution in [-0.4, -0.2) is 36.3 Å². The summed E-state index contributed by atoms with van der Waals surface area (Å²) in [6, 6.07) is 25.9. The van der Waals surface area contributed by atoms with E-state index in [1.165, 1.54) is 19.2 Å². The number of halogens is 3. The second-order valence-electron chi connectivity index (χ2n) is 13.3. The van der Waals surface area contributed by atoms with Gasteiger partial charge in [-0.05, 0) is 82.8 Å². The largest absolute Gasteiger partial charge is 0.489 e. The highest BCUT2D eigenvalue weighted by atomic mass is 19.4. The molecule has 1 aliphatic carbocycles. The predicted molar refractivity (Wildman–Crippen MR) is 186 cm³/mol. The van der Waals surface area contributed by atoms with E-state index in [2.05, 4.69) is 5.32 Å². The van der Waals surface area contributed by atoms with E-state index in [1.54, 1.807) is 17.0 Å². The normalized spacial score (nSPS) is 16.6. The van der Waals surface area contributed by atoms with Gasteiger partial charge in [-0.25, -0.2) is 0 Å². The molecule has 1 N–H and O–H groups in total. The van der Waals surface area contributed by atoms with Crippen LogP contribution in [0.3, 0.4) is 0 Å². The second kappa shape index (κ2) is 15.8. The Morgan fingerprint density at radius 3 is 2.24 bits per heavy atom. The molecule has 2 unspecified atom stereocenters. The third-order valence-corrected chi connectivity index (χ3v) is 9.87. The molecular formula is C41H41F3N2O5. The number of ether oxygens (including phenoxy) is 2. The Labute approximate surface area is 295 Å². The van der Waals surface area contributed by atoms with Gasteiger partial charge in [0.1, 0.15) is 18.4 Å². The van der Waals surface area contributed by atoms with E-state index in [1.807, 2.05) is 60.7 Å². The van der Waals surface area contributed by atoms with Crippen LogP contribution in [0.5, 0.6) is 5.75 Å². The van der Waals surface area contributed by atoms with Crippen molar-refractivity contribution < 1.29 is 37.0 Å². The number of nitrogens with one attached hydrogen (secondary N) is 1. The van der Waals surface area contributed by atoms with Gasteiger partial charge < -0.3 is 19.7 Å². The number of carbonyl (C=O) groups excluding carboxylic acids is 3. The fraction of sp³-hybridized carbons (Fsp3) is 0.341. The van der Waals surface area contributed by atoms with E-state index in [0.29, 0.717) is 41.8 Å². The number of rotatable bonds is 11. The lowest BCUT2D eigenvalue weighted by Crippen LogP contribution is -2.48. The number of hydrogen-bond acceptors (Lipinski definition) is 5. The van der Waals surface area contributed by atoms with Crippen LogP contribution in [0.25, 0.3) is 11.1 Å². The zero-order valence-corrected chi connectivity index (χ0v) is 28.5. The molecule has 51 heavy (non-hydrogen) atoms. The molecule has 2 atom stereocenters. The van der Waals surface area contributed by atoms with Crippen LogP contribution >= 0.6 is 0 Å². The smallest absolute Gasteiger partial charge is 0.416 e. The van der Waals surface area contributed by atoms with Crippen LogP contribution in [0, 0.1) is 5.92 Å². The van der Waals surface area contributed by atoms with E-state index >= 15 is 0 Å². The van der Waals surface area contributed by atoms with Gasteiger partial charge >= 0.3 is 12.1 Å². The third-order valence-electron chi connectivity index (χ3n) is 9.87. The SMILES string of the molecule is COC(=O)CC(NC(=O)C1c2cc(OCc3ccc(C(F)(F)F)cc3)ccc2CCN1C(=O)CC1CCCC1)c1ccc(-c2ccccc2)cc1. The number of carbonyl (C=O) groups is 3. The molecule has 0 radical (unpaired) electrons. The summed E-state index contributed by atoms with van der Waals surface area (Å²) in [5.74, 6) is -0.336. The van der Waals surface area contributed by atoms with E-state index in [-0.39, 0.29) is 24.9 Å². The molecule has 0 bridgehead atoms. The summed E-state index contributed by atoms with van der Waals surface area (Å²) < 4.78 is 50.2. The van der Waals surface area contributed by atoms with Gasteiger partial charge in [-0.15, -0.1) is 0 Å². The molecule has 1 fully saturated rings. The Balaban J connectivity index is 1.28. The van der Waals surface area contributed by atoms with Crippen molar-refractivity contribution in [1.82, 2.24) is 10.2 Å². The first-order valence-electron chi connectivity index (χ1n) is 17.3. The van der Waals surface area contributed by atoms with E-state index in [9.17, 15) is 27.6 Å². The average Bonchev–Trinajstić information content (AvgIpc) is 3.66. The van der Waals surface area contributed by atoms with Crippen molar-refractivity contribution in [2.75, 3.05) is 13.7 Å². The molecule has 2 amide bonds. The molecule has 7 nitrogen and oxygen atoms in total. The molecule has 1 heterocycles. The summed E-state index contributed by atoms with van der Waals surface area (Å²) in [5.41, 5.74) is 4.03. The topological polar surface area (TPSA) is 84.9 Å². The summed E-state index contributed by atoms with van der Waals surface area (Å²) >= 11 is 0. The van der Waals surface area contributed by atoms with Crippen LogP contribution in [0.2, 0.25) is 0 Å². The van der Waals surface area contributed by atoms with Crippen molar-refractivity contribution in [3.63, 3.8) is 0 Å². The Hall–Kier alpha value is -5.12. The lowest BCUT2D eigenvalue weighted by molar-refractivity contribution is -0.144. The minimum Gasteiger partial charge on any atom is -0.489 e. The molecule has 1 saturated carbocycles. The zero-order valence-electron chi connectivity index (χ0n) is 28.5. The van der Waals surface area contributed by atoms with E-state index in [0.717, 1.165) is 54.5 Å². The number of benzene rings is 4. The molecule has 6 rings (SSSR count). The summed E-state index contributed by atoms with van der Waals surface area (Å²) in [6.07, 6.45) is 0.487. The number of fused-ring (bicyclic) bond motifs is 1. The van der Waals surface area contributed by atoms with Crippen molar-refractivity contribution in [3.8, 4) is 16.9 Å². The van der Waals surface area contributed by atoms with Crippen LogP contribution in [0.1, 0.15) is 78.4 Å². The van der Waals surface area contributed by atoms with Crippen molar-refractivity contribution in [3.05, 3.63) is 125 Å². The Kier molecular flexibility index (Phi) is 11.1. The number of hydrogen-bond donors (Lipinski definition) is 1. The summed E-state index contributed by atoms with van der Waals surface area (Å²) in [5, 5.41) is 3.08. The Morgan fingerprint density at radius 1 is 0.882 bits per heavy atom. The van der Waals surface area contributed by atoms with Crippen molar-refractivity contribution >= 4 is 17.8 Å². The summed E-state index contributed by atoms with van der Waals surface area (Å²) in [7, 11) is 1.30. The van der Waals surface area contributed by atoms with Crippen molar-refractivity contribution in [2.45, 2.75) is 69.8 Å². The van der Waals surface area contributed by atoms with Gasteiger partial charge in [0.15, 0.2) is 0 Å². The molecule has 2 aliphatic rings. The van der Waals surface area contributed by atoms with E-state index < -0.39 is 35.7 Å². The lowest BCUT2D eigenvalue weighted by Gasteiger charge is -2.38. The first kappa shape index (κ1) is 35.7. The lowest BCUT2D eigenvalue weighted by atomic mass is 9.90. The predicted octanol–water partition coefficient (Wildman–Crippen LogP) is 8.38. The third kappa shape index (κ3) is 8.79. The van der Waals surface area contributed by atoms with Gasteiger partial charge in [0, 0.05) is 13.0 Å². The molecule has 266 valence electrons. The molecule has 0 spiro atoms. The molecule has 4 aromatic rings. The Morgan fingerprint density at radius 2 is 1.57 bits per heavy atom. The van der Waals surface area contributed by atoms with Crippen LogP contribution in [0.4, 0.5) is 13.2 Å². The monoisotopic (exact) mass is 698 g/mol. The minimum absolute atomic E-state index is 0.0122. The number of esters is 1. The molecule has 0 saturated heterocycles. The number of methoxy groups -OCH3 is 1. The maximum atomic E-state index is 14.5. The second-order valence-corrected chi connectivity index (χ2v) is 13.3. The first-order chi connectivity index (χ1) is 24.6. The zero-order chi connectivity index (χ0) is 36.0. The number of amides is 2. The summed E-state index contributed by atoms with van der Waals surface area (Å²) in [6.45, 7) is 0.369. The van der Waals surface area contributed by atoms with E-state index in [4.69, 9.17) is 9.47 Å². The maximum absolute atomic E-state index is 14.5. The van der Waals surface area contributed by atoms with Gasteiger partial charge in [0.05, 0.1) is 25.1 Å². The minimum atomic E-state index is -4.43. The fourth-order valence-corrected chi connectivity index (χ4v) is 7.06. The quantitative estimate of drug-likeness (QED) is 0.159. The van der Waals surface area contributed by atoms with Crippen LogP contribution < -0.4 is 10.1 Å². The standard InChI is InChI=1S/C41H41F3N2O5/c1-50-38(48)25-36(32-15-13-30(14-16-32)29-9-3-2-4-10-29)45-40(49)39-35-24-34(51-26-28-11-18-33(19-12-28)41(42,43)44)20-17-31(35)21-22-46(39)37(47)23-27-7-5-6-8-27/h2-4,9-20,24,27,36,39H,5-8,21-23,25-26H2,1H3,(H,45,49). The van der Waals surface area contributed by atoms with Crippen molar-refractivity contribution in [2.24, 2.45) is 5.92 Å². The average molecular weight is 699 g/mol. The fourth-order valence-electron chi connectivity index (χ4n) is 7.06. The molecule has 4 aromatic carbocycles. The molecule has 0 aromatic heterocycles. The maximum Gasteiger partial charge on any atom is 0.416 e. The van der Waals surface area contributed by atoms with Gasteiger partial charge in [0.2, 0.25) is 11.8 Å². The van der Waals surface area contributed by atoms with Gasteiger partial charge in [-0.2, -0.15) is 13.2 Å². The number of nitrogens with zero attached hydrogens (tertiary/aromatic N) is 1. The van der Waals surface area contributed by atoms with Gasteiger partial charge in [-0.3, -0.25) is 14.4 Å². The van der Waals surface area contributed by atoms with Crippen molar-refractivity contribution in [1.29, 1.82) is 0 Å². The Bertz CT molecular complexity index is 1820. The molecular weight excluding hydrogens is 657 g/mol. The highest BCUT2D eigenvalue weighted by Gasteiger charge is 2.38. The first-order valence-corrected chi connectivity index (χ1v) is 17.3. The highest BCUT2D eigenvalue weighted by molar-refractivity contribution is 5.90. The van der Waals surface area contributed by atoms with Crippen LogP contribution in [-0.2, 0) is 38.3 Å². The van der Waals surface area contributed by atoms with Gasteiger partial charge in [-0.1, -0.05) is 85.6 Å².